The maximum absolute atomic E-state index is 11.1. The molecule has 1 atom stereocenters. The van der Waals surface area contributed by atoms with Crippen molar-refractivity contribution in [1.82, 2.24) is 5.32 Å². The molecule has 0 aromatic carbocycles. The minimum atomic E-state index is -0.0861. The van der Waals surface area contributed by atoms with Crippen LogP contribution >= 0.6 is 0 Å². The van der Waals surface area contributed by atoms with Gasteiger partial charge in [0.1, 0.15) is 6.04 Å². The van der Waals surface area contributed by atoms with Crippen molar-refractivity contribution in [3.05, 3.63) is 0 Å². The molecule has 62 valence electrons. The molecule has 1 aliphatic heterocycles. The number of carbonyl (C=O) groups excluding carboxylic acids is 1. The first-order chi connectivity index (χ1) is 5.34. The molecule has 0 amide bonds. The molecular weight excluding hydrogens is 158 g/mol. The van der Waals surface area contributed by atoms with Gasteiger partial charge in [0, 0.05) is 0 Å². The van der Waals surface area contributed by atoms with E-state index in [0.717, 1.165) is 28.2 Å². The molecule has 0 saturated carbocycles. The fourth-order valence-electron chi connectivity index (χ4n) is 1.08. The fourth-order valence-corrected chi connectivity index (χ4v) is 2.14. The molecule has 1 fully saturated rings. The SMILES string of the molecule is CCOC(=O)[C@H]1CC[Si]CN1. The lowest BCUT2D eigenvalue weighted by Crippen LogP contribution is -2.43. The Labute approximate surface area is 69.3 Å². The Kier molecular flexibility index (Phi) is 3.58. The van der Waals surface area contributed by atoms with Gasteiger partial charge < -0.3 is 10.1 Å². The Hall–Kier alpha value is -0.353. The van der Waals surface area contributed by atoms with E-state index in [-0.39, 0.29) is 12.0 Å². The van der Waals surface area contributed by atoms with Crippen molar-refractivity contribution in [2.24, 2.45) is 0 Å². The third-order valence-corrected chi connectivity index (χ3v) is 2.75. The highest BCUT2D eigenvalue weighted by molar-refractivity contribution is 6.36. The van der Waals surface area contributed by atoms with Gasteiger partial charge in [-0.2, -0.15) is 0 Å². The Balaban J connectivity index is 2.27. The van der Waals surface area contributed by atoms with Crippen LogP contribution in [0.15, 0.2) is 0 Å². The maximum atomic E-state index is 11.1. The van der Waals surface area contributed by atoms with E-state index < -0.39 is 0 Å². The van der Waals surface area contributed by atoms with Gasteiger partial charge in [-0.3, -0.25) is 4.79 Å². The summed E-state index contributed by atoms with van der Waals surface area (Å²) >= 11 is 0. The molecule has 0 aromatic rings. The van der Waals surface area contributed by atoms with Crippen molar-refractivity contribution in [2.75, 3.05) is 12.8 Å². The van der Waals surface area contributed by atoms with Crippen LogP contribution in [0.5, 0.6) is 0 Å². The van der Waals surface area contributed by atoms with E-state index in [2.05, 4.69) is 5.32 Å². The molecule has 1 heterocycles. The van der Waals surface area contributed by atoms with Crippen LogP contribution in [0, 0.1) is 0 Å². The molecule has 11 heavy (non-hydrogen) atoms. The third kappa shape index (κ3) is 2.63. The highest BCUT2D eigenvalue weighted by Crippen LogP contribution is 2.03. The zero-order chi connectivity index (χ0) is 8.10. The average Bonchev–Trinajstić information content (AvgIpc) is 2.07. The monoisotopic (exact) mass is 171 g/mol. The van der Waals surface area contributed by atoms with Crippen molar-refractivity contribution >= 4 is 15.5 Å². The Morgan fingerprint density at radius 1 is 1.82 bits per heavy atom. The molecule has 1 saturated heterocycles. The van der Waals surface area contributed by atoms with Crippen LogP contribution in [-0.4, -0.2) is 34.3 Å². The Morgan fingerprint density at radius 2 is 2.64 bits per heavy atom. The number of rotatable bonds is 2. The summed E-state index contributed by atoms with van der Waals surface area (Å²) < 4.78 is 4.88. The summed E-state index contributed by atoms with van der Waals surface area (Å²) in [6.07, 6.45) is 1.92. The number of nitrogens with one attached hydrogen (secondary N) is 1. The first-order valence-corrected chi connectivity index (χ1v) is 5.36. The average molecular weight is 171 g/mol. The van der Waals surface area contributed by atoms with Crippen LogP contribution in [0.3, 0.4) is 0 Å². The summed E-state index contributed by atoms with van der Waals surface area (Å²) in [7, 11) is 0.964. The van der Waals surface area contributed by atoms with Crippen molar-refractivity contribution in [3.8, 4) is 0 Å². The smallest absolute Gasteiger partial charge is 0.323 e. The van der Waals surface area contributed by atoms with Crippen LogP contribution in [0.25, 0.3) is 0 Å². The predicted molar refractivity (Wildman–Crippen MR) is 43.6 cm³/mol. The molecule has 0 unspecified atom stereocenters. The lowest BCUT2D eigenvalue weighted by atomic mass is 10.2. The highest BCUT2D eigenvalue weighted by atomic mass is 28.2. The zero-order valence-electron chi connectivity index (χ0n) is 6.72. The molecular formula is C7H13NO2Si. The predicted octanol–water partition coefficient (Wildman–Crippen LogP) is -0.00860. The first-order valence-electron chi connectivity index (χ1n) is 3.95. The molecule has 0 spiro atoms. The quantitative estimate of drug-likeness (QED) is 0.469. The van der Waals surface area contributed by atoms with Gasteiger partial charge in [0.05, 0.1) is 16.1 Å². The fraction of sp³-hybridized carbons (Fsp3) is 0.857. The second kappa shape index (κ2) is 4.51. The molecule has 1 aliphatic rings. The van der Waals surface area contributed by atoms with Crippen LogP contribution in [0.2, 0.25) is 6.04 Å². The summed E-state index contributed by atoms with van der Waals surface area (Å²) in [4.78, 5) is 11.1. The van der Waals surface area contributed by atoms with Crippen molar-refractivity contribution in [3.63, 3.8) is 0 Å². The third-order valence-electron chi connectivity index (χ3n) is 1.65. The van der Waals surface area contributed by atoms with Crippen LogP contribution in [0.4, 0.5) is 0 Å². The van der Waals surface area contributed by atoms with Gasteiger partial charge in [0.15, 0.2) is 0 Å². The van der Waals surface area contributed by atoms with Gasteiger partial charge in [-0.25, -0.2) is 0 Å². The number of carbonyl (C=O) groups is 1. The number of hydrogen-bond donors (Lipinski definition) is 1. The van der Waals surface area contributed by atoms with E-state index in [1.165, 1.54) is 0 Å². The number of ether oxygens (including phenoxy) is 1. The van der Waals surface area contributed by atoms with E-state index in [0.29, 0.717) is 6.61 Å². The molecule has 0 aromatic heterocycles. The standard InChI is InChI=1S/C7H13NO2Si/c1-2-10-7(9)6-3-4-11-5-8-6/h6,8H,2-5H2,1H3/t6-/m1/s1. The molecule has 2 radical (unpaired) electrons. The minimum Gasteiger partial charge on any atom is -0.465 e. The molecule has 1 N–H and O–H groups in total. The number of esters is 1. The van der Waals surface area contributed by atoms with Gasteiger partial charge in [-0.05, 0) is 19.5 Å². The van der Waals surface area contributed by atoms with Crippen LogP contribution in [0.1, 0.15) is 13.3 Å². The largest absolute Gasteiger partial charge is 0.465 e. The van der Waals surface area contributed by atoms with Crippen molar-refractivity contribution in [2.45, 2.75) is 25.4 Å². The lowest BCUT2D eigenvalue weighted by Gasteiger charge is -2.20. The van der Waals surface area contributed by atoms with E-state index >= 15 is 0 Å². The minimum absolute atomic E-state index is 0.0313. The summed E-state index contributed by atoms with van der Waals surface area (Å²) in [5.41, 5.74) is 0. The zero-order valence-corrected chi connectivity index (χ0v) is 7.72. The molecule has 0 aliphatic carbocycles. The first kappa shape index (κ1) is 8.74. The maximum Gasteiger partial charge on any atom is 0.323 e. The lowest BCUT2D eigenvalue weighted by molar-refractivity contribution is -0.145. The topological polar surface area (TPSA) is 38.3 Å². The highest BCUT2D eigenvalue weighted by Gasteiger charge is 2.21. The van der Waals surface area contributed by atoms with Crippen molar-refractivity contribution < 1.29 is 9.53 Å². The van der Waals surface area contributed by atoms with Crippen molar-refractivity contribution in [1.29, 1.82) is 0 Å². The van der Waals surface area contributed by atoms with Gasteiger partial charge in [0.2, 0.25) is 0 Å². The van der Waals surface area contributed by atoms with Gasteiger partial charge >= 0.3 is 5.97 Å². The van der Waals surface area contributed by atoms with E-state index in [1.54, 1.807) is 0 Å². The molecule has 4 heteroatoms. The summed E-state index contributed by atoms with van der Waals surface area (Å²) in [5, 5.41) is 3.14. The Bertz CT molecular complexity index is 134. The van der Waals surface area contributed by atoms with E-state index in [9.17, 15) is 4.79 Å². The summed E-state index contributed by atoms with van der Waals surface area (Å²) in [6.45, 7) is 2.32. The number of hydrogen-bond acceptors (Lipinski definition) is 3. The van der Waals surface area contributed by atoms with E-state index in [1.807, 2.05) is 6.92 Å². The molecule has 0 bridgehead atoms. The Morgan fingerprint density at radius 3 is 3.18 bits per heavy atom. The summed E-state index contributed by atoms with van der Waals surface area (Å²) in [6, 6.07) is 1.13. The molecule has 3 nitrogen and oxygen atoms in total. The van der Waals surface area contributed by atoms with Crippen LogP contribution in [-0.2, 0) is 9.53 Å². The second-order valence-electron chi connectivity index (χ2n) is 2.47. The van der Waals surface area contributed by atoms with E-state index in [4.69, 9.17) is 4.74 Å². The van der Waals surface area contributed by atoms with Gasteiger partial charge in [0.25, 0.3) is 0 Å². The molecule has 1 rings (SSSR count). The van der Waals surface area contributed by atoms with Gasteiger partial charge in [-0.15, -0.1) is 0 Å². The summed E-state index contributed by atoms with van der Waals surface area (Å²) in [5.74, 6) is -0.0861. The normalized spacial score (nSPS) is 24.6. The van der Waals surface area contributed by atoms with Crippen LogP contribution < -0.4 is 5.32 Å². The second-order valence-corrected chi connectivity index (χ2v) is 3.83. The van der Waals surface area contributed by atoms with Gasteiger partial charge in [-0.1, -0.05) is 6.04 Å².